The fourth-order valence-corrected chi connectivity index (χ4v) is 1.68. The monoisotopic (exact) mass is 217 g/mol. The number of hydrogen-bond donors (Lipinski definition) is 1. The molecule has 1 heterocycles. The molecule has 3 nitrogen and oxygen atoms in total. The van der Waals surface area contributed by atoms with Crippen LogP contribution in [0, 0.1) is 18.8 Å². The molecular weight excluding hydrogens is 198 g/mol. The average Bonchev–Trinajstić information content (AvgIpc) is 3.02. The van der Waals surface area contributed by atoms with Crippen LogP contribution in [-0.2, 0) is 13.1 Å². The summed E-state index contributed by atoms with van der Waals surface area (Å²) in [4.78, 5) is 0. The fraction of sp³-hybridized carbons (Fsp3) is 0.615. The lowest BCUT2D eigenvalue weighted by Crippen LogP contribution is -2.15. The van der Waals surface area contributed by atoms with Crippen molar-refractivity contribution in [2.24, 2.45) is 0 Å². The van der Waals surface area contributed by atoms with Crippen molar-refractivity contribution < 1.29 is 0 Å². The van der Waals surface area contributed by atoms with Gasteiger partial charge in [-0.1, -0.05) is 0 Å². The lowest BCUT2D eigenvalue weighted by molar-refractivity contribution is 0.623. The zero-order valence-electron chi connectivity index (χ0n) is 10.1. The lowest BCUT2D eigenvalue weighted by atomic mass is 10.2. The molecule has 1 aliphatic rings. The molecule has 2 rings (SSSR count). The Morgan fingerprint density at radius 2 is 2.38 bits per heavy atom. The summed E-state index contributed by atoms with van der Waals surface area (Å²) >= 11 is 0. The third-order valence-electron chi connectivity index (χ3n) is 2.85. The molecule has 0 unspecified atom stereocenters. The van der Waals surface area contributed by atoms with Crippen molar-refractivity contribution in [2.45, 2.75) is 52.2 Å². The van der Waals surface area contributed by atoms with E-state index in [9.17, 15) is 0 Å². The summed E-state index contributed by atoms with van der Waals surface area (Å²) in [5.74, 6) is 5.96. The standard InChI is InChI=1S/C13H19N3/c1-3-4-5-8-16-10-12(11(2)15-16)9-14-13-6-7-13/h10,13-14H,5-9H2,1-2H3. The van der Waals surface area contributed by atoms with Gasteiger partial charge in [0.05, 0.1) is 12.2 Å². The van der Waals surface area contributed by atoms with E-state index in [1.54, 1.807) is 0 Å². The van der Waals surface area contributed by atoms with Gasteiger partial charge in [0, 0.05) is 30.8 Å². The largest absolute Gasteiger partial charge is 0.310 e. The second kappa shape index (κ2) is 5.18. The predicted octanol–water partition coefficient (Wildman–Crippen LogP) is 1.86. The number of nitrogens with one attached hydrogen (secondary N) is 1. The summed E-state index contributed by atoms with van der Waals surface area (Å²) in [6, 6.07) is 0.758. The molecule has 0 amide bonds. The van der Waals surface area contributed by atoms with E-state index in [1.165, 1.54) is 18.4 Å². The van der Waals surface area contributed by atoms with Gasteiger partial charge in [0.25, 0.3) is 0 Å². The molecular formula is C13H19N3. The van der Waals surface area contributed by atoms with Crippen LogP contribution in [0.25, 0.3) is 0 Å². The lowest BCUT2D eigenvalue weighted by Gasteiger charge is -1.99. The Morgan fingerprint density at radius 1 is 1.56 bits per heavy atom. The molecule has 1 aliphatic carbocycles. The third kappa shape index (κ3) is 3.11. The molecule has 86 valence electrons. The van der Waals surface area contributed by atoms with E-state index in [4.69, 9.17) is 0 Å². The summed E-state index contributed by atoms with van der Waals surface area (Å²) in [5.41, 5.74) is 2.45. The maximum atomic E-state index is 4.49. The molecule has 0 aliphatic heterocycles. The molecule has 0 spiro atoms. The van der Waals surface area contributed by atoms with Crippen LogP contribution in [-0.4, -0.2) is 15.8 Å². The summed E-state index contributed by atoms with van der Waals surface area (Å²) in [7, 11) is 0. The van der Waals surface area contributed by atoms with Crippen molar-refractivity contribution in [1.29, 1.82) is 0 Å². The van der Waals surface area contributed by atoms with E-state index in [2.05, 4.69) is 35.4 Å². The van der Waals surface area contributed by atoms with Crippen molar-refractivity contribution in [3.05, 3.63) is 17.5 Å². The summed E-state index contributed by atoms with van der Waals surface area (Å²) in [6.07, 6.45) is 5.69. The number of aromatic nitrogens is 2. The van der Waals surface area contributed by atoms with Crippen molar-refractivity contribution in [3.8, 4) is 11.8 Å². The van der Waals surface area contributed by atoms with Crippen LogP contribution in [0.2, 0.25) is 0 Å². The van der Waals surface area contributed by atoms with Crippen LogP contribution in [0.15, 0.2) is 6.20 Å². The number of rotatable bonds is 5. The van der Waals surface area contributed by atoms with E-state index in [0.717, 1.165) is 31.2 Å². The smallest absolute Gasteiger partial charge is 0.0638 e. The SMILES string of the molecule is CC#CCCn1cc(CNC2CC2)c(C)n1. The van der Waals surface area contributed by atoms with Gasteiger partial charge in [-0.25, -0.2) is 0 Å². The van der Waals surface area contributed by atoms with Crippen LogP contribution in [0.1, 0.15) is 37.4 Å². The molecule has 1 aromatic heterocycles. The summed E-state index contributed by atoms with van der Waals surface area (Å²) < 4.78 is 2.00. The van der Waals surface area contributed by atoms with Crippen molar-refractivity contribution >= 4 is 0 Å². The molecule has 0 bridgehead atoms. The minimum Gasteiger partial charge on any atom is -0.310 e. The number of aryl methyl sites for hydroxylation is 2. The second-order valence-electron chi connectivity index (χ2n) is 4.33. The minimum absolute atomic E-state index is 0.758. The number of hydrogen-bond acceptors (Lipinski definition) is 2. The van der Waals surface area contributed by atoms with Crippen molar-refractivity contribution in [1.82, 2.24) is 15.1 Å². The van der Waals surface area contributed by atoms with E-state index in [-0.39, 0.29) is 0 Å². The molecule has 3 heteroatoms. The van der Waals surface area contributed by atoms with Gasteiger partial charge >= 0.3 is 0 Å². The van der Waals surface area contributed by atoms with Crippen LogP contribution in [0.3, 0.4) is 0 Å². The van der Waals surface area contributed by atoms with E-state index in [0.29, 0.717) is 0 Å². The Bertz CT molecular complexity index is 405. The average molecular weight is 217 g/mol. The Morgan fingerprint density at radius 3 is 3.06 bits per heavy atom. The highest BCUT2D eigenvalue weighted by atomic mass is 15.3. The molecule has 1 aromatic rings. The van der Waals surface area contributed by atoms with Crippen LogP contribution in [0.5, 0.6) is 0 Å². The van der Waals surface area contributed by atoms with Gasteiger partial charge < -0.3 is 5.32 Å². The number of nitrogens with zero attached hydrogens (tertiary/aromatic N) is 2. The predicted molar refractivity (Wildman–Crippen MR) is 64.9 cm³/mol. The van der Waals surface area contributed by atoms with Gasteiger partial charge in [-0.05, 0) is 26.7 Å². The molecule has 0 atom stereocenters. The van der Waals surface area contributed by atoms with Gasteiger partial charge in [-0.2, -0.15) is 5.10 Å². The van der Waals surface area contributed by atoms with Crippen molar-refractivity contribution in [3.63, 3.8) is 0 Å². The Balaban J connectivity index is 1.87. The maximum Gasteiger partial charge on any atom is 0.0638 e. The van der Waals surface area contributed by atoms with Crippen LogP contribution >= 0.6 is 0 Å². The Labute approximate surface area is 97.2 Å². The maximum absolute atomic E-state index is 4.49. The second-order valence-corrected chi connectivity index (χ2v) is 4.33. The van der Waals surface area contributed by atoms with Gasteiger partial charge in [0.2, 0.25) is 0 Å². The molecule has 0 aromatic carbocycles. The highest BCUT2D eigenvalue weighted by Crippen LogP contribution is 2.19. The summed E-state index contributed by atoms with van der Waals surface area (Å²) in [5, 5.41) is 8.00. The first-order valence-corrected chi connectivity index (χ1v) is 5.95. The van der Waals surface area contributed by atoms with E-state index in [1.807, 2.05) is 11.6 Å². The fourth-order valence-electron chi connectivity index (χ4n) is 1.68. The molecule has 1 saturated carbocycles. The van der Waals surface area contributed by atoms with Crippen LogP contribution < -0.4 is 5.32 Å². The quantitative estimate of drug-likeness (QED) is 0.763. The first-order valence-electron chi connectivity index (χ1n) is 5.95. The first-order chi connectivity index (χ1) is 7.79. The van der Waals surface area contributed by atoms with E-state index >= 15 is 0 Å². The Hall–Kier alpha value is -1.27. The van der Waals surface area contributed by atoms with E-state index < -0.39 is 0 Å². The minimum atomic E-state index is 0.758. The third-order valence-corrected chi connectivity index (χ3v) is 2.85. The van der Waals surface area contributed by atoms with Gasteiger partial charge in [-0.3, -0.25) is 4.68 Å². The normalized spacial score (nSPS) is 14.6. The first kappa shape index (κ1) is 11.2. The molecule has 1 fully saturated rings. The zero-order valence-corrected chi connectivity index (χ0v) is 10.1. The highest BCUT2D eigenvalue weighted by molar-refractivity contribution is 5.15. The van der Waals surface area contributed by atoms with Crippen molar-refractivity contribution in [2.75, 3.05) is 0 Å². The molecule has 16 heavy (non-hydrogen) atoms. The van der Waals surface area contributed by atoms with Gasteiger partial charge in [0.1, 0.15) is 0 Å². The Kier molecular flexibility index (Phi) is 3.63. The van der Waals surface area contributed by atoms with Crippen LogP contribution in [0.4, 0.5) is 0 Å². The molecule has 1 N–H and O–H groups in total. The topological polar surface area (TPSA) is 29.9 Å². The highest BCUT2D eigenvalue weighted by Gasteiger charge is 2.20. The molecule has 0 radical (unpaired) electrons. The van der Waals surface area contributed by atoms with Gasteiger partial charge in [-0.15, -0.1) is 11.8 Å². The van der Waals surface area contributed by atoms with Gasteiger partial charge in [0.15, 0.2) is 0 Å². The zero-order chi connectivity index (χ0) is 11.4. The molecule has 0 saturated heterocycles. The summed E-state index contributed by atoms with van der Waals surface area (Å²) in [6.45, 7) is 5.80.